The molecule has 1 rings (SSSR count). The molecule has 6 heteroatoms. The van der Waals surface area contributed by atoms with E-state index in [1.165, 1.54) is 11.5 Å². The van der Waals surface area contributed by atoms with Crippen molar-refractivity contribution in [1.82, 2.24) is 9.36 Å². The Kier molecular flexibility index (Phi) is 5.52. The average Bonchev–Trinajstić information content (AvgIpc) is 2.67. The third kappa shape index (κ3) is 4.11. The van der Waals surface area contributed by atoms with E-state index in [-0.39, 0.29) is 6.10 Å². The molecule has 86 valence electrons. The Bertz CT molecular complexity index is 280. The minimum atomic E-state index is -0.0378. The van der Waals surface area contributed by atoms with Crippen molar-refractivity contribution < 1.29 is 9.47 Å². The van der Waals surface area contributed by atoms with E-state index >= 15 is 0 Å². The van der Waals surface area contributed by atoms with Gasteiger partial charge in [0.1, 0.15) is 6.10 Å². The summed E-state index contributed by atoms with van der Waals surface area (Å²) in [5.74, 6) is 0.738. The summed E-state index contributed by atoms with van der Waals surface area (Å²) in [5.41, 5.74) is 0. The van der Waals surface area contributed by atoms with Gasteiger partial charge in [0.15, 0.2) is 5.82 Å². The number of nitrogens with zero attached hydrogens (tertiary/aromatic N) is 2. The van der Waals surface area contributed by atoms with Gasteiger partial charge in [-0.05, 0) is 13.8 Å². The van der Waals surface area contributed by atoms with Gasteiger partial charge < -0.3 is 14.8 Å². The maximum atomic E-state index is 5.40. The molecular weight excluding hydrogens is 214 g/mol. The first kappa shape index (κ1) is 12.4. The first-order valence-electron chi connectivity index (χ1n) is 4.96. The van der Waals surface area contributed by atoms with Gasteiger partial charge in [0.25, 0.3) is 0 Å². The van der Waals surface area contributed by atoms with Crippen LogP contribution in [0.5, 0.6) is 0 Å². The number of aromatic nitrogens is 2. The predicted molar refractivity (Wildman–Crippen MR) is 60.3 cm³/mol. The minimum absolute atomic E-state index is 0.0378. The summed E-state index contributed by atoms with van der Waals surface area (Å²) in [5, 5.41) is 3.94. The third-order valence-corrected chi connectivity index (χ3v) is 2.49. The van der Waals surface area contributed by atoms with Gasteiger partial charge in [-0.25, -0.2) is 4.98 Å². The summed E-state index contributed by atoms with van der Waals surface area (Å²) >= 11 is 1.35. The molecule has 0 aromatic carbocycles. The van der Waals surface area contributed by atoms with Crippen LogP contribution in [0.2, 0.25) is 0 Å². The molecule has 1 heterocycles. The van der Waals surface area contributed by atoms with E-state index in [1.807, 2.05) is 13.8 Å². The number of hydrogen-bond donors (Lipinski definition) is 1. The molecule has 0 aliphatic carbocycles. The van der Waals surface area contributed by atoms with Crippen LogP contribution in [0.15, 0.2) is 0 Å². The Balaban J connectivity index is 2.41. The number of ether oxygens (including phenoxy) is 2. The molecule has 0 spiro atoms. The Morgan fingerprint density at radius 1 is 1.53 bits per heavy atom. The Hall–Kier alpha value is -0.720. The highest BCUT2D eigenvalue weighted by molar-refractivity contribution is 7.09. The van der Waals surface area contributed by atoms with Crippen molar-refractivity contribution in [3.63, 3.8) is 0 Å². The van der Waals surface area contributed by atoms with Crippen LogP contribution in [-0.4, -0.2) is 36.2 Å². The van der Waals surface area contributed by atoms with Crippen molar-refractivity contribution in [1.29, 1.82) is 0 Å². The van der Waals surface area contributed by atoms with E-state index in [4.69, 9.17) is 9.47 Å². The molecule has 1 aromatic rings. The molecule has 0 saturated heterocycles. The lowest BCUT2D eigenvalue weighted by Crippen LogP contribution is -2.07. The molecule has 1 N–H and O–H groups in total. The summed E-state index contributed by atoms with van der Waals surface area (Å²) < 4.78 is 14.5. The first-order valence-corrected chi connectivity index (χ1v) is 5.73. The number of rotatable bonds is 7. The molecule has 0 bridgehead atoms. The van der Waals surface area contributed by atoms with E-state index in [1.54, 1.807) is 7.11 Å². The zero-order valence-electron chi connectivity index (χ0n) is 9.32. The van der Waals surface area contributed by atoms with Crippen LogP contribution < -0.4 is 5.32 Å². The summed E-state index contributed by atoms with van der Waals surface area (Å²) in [6.07, 6.45) is -0.0378. The lowest BCUT2D eigenvalue weighted by atomic mass is 10.4. The van der Waals surface area contributed by atoms with Gasteiger partial charge in [-0.1, -0.05) is 0 Å². The SMILES string of the molecule is CCOC(C)c1nsc(NCCOC)n1. The smallest absolute Gasteiger partial charge is 0.202 e. The normalized spacial score (nSPS) is 12.7. The fourth-order valence-electron chi connectivity index (χ4n) is 1.06. The Morgan fingerprint density at radius 3 is 3.00 bits per heavy atom. The standard InChI is InChI=1S/C9H17N3O2S/c1-4-14-7(2)8-11-9(15-12-8)10-5-6-13-3/h7H,4-6H2,1-3H3,(H,10,11,12). The second kappa shape index (κ2) is 6.71. The van der Waals surface area contributed by atoms with Gasteiger partial charge in [-0.15, -0.1) is 0 Å². The van der Waals surface area contributed by atoms with Crippen molar-refractivity contribution in [3.05, 3.63) is 5.82 Å². The van der Waals surface area contributed by atoms with Crippen LogP contribution in [0.3, 0.4) is 0 Å². The lowest BCUT2D eigenvalue weighted by Gasteiger charge is -2.05. The highest BCUT2D eigenvalue weighted by Crippen LogP contribution is 2.18. The van der Waals surface area contributed by atoms with E-state index in [9.17, 15) is 0 Å². The van der Waals surface area contributed by atoms with Crippen LogP contribution in [-0.2, 0) is 9.47 Å². The Morgan fingerprint density at radius 2 is 2.33 bits per heavy atom. The largest absolute Gasteiger partial charge is 0.383 e. The number of nitrogens with one attached hydrogen (secondary N) is 1. The van der Waals surface area contributed by atoms with Gasteiger partial charge in [0, 0.05) is 31.8 Å². The highest BCUT2D eigenvalue weighted by Gasteiger charge is 2.11. The zero-order chi connectivity index (χ0) is 11.1. The second-order valence-electron chi connectivity index (χ2n) is 2.97. The quantitative estimate of drug-likeness (QED) is 0.724. The molecule has 0 amide bonds. The van der Waals surface area contributed by atoms with Gasteiger partial charge in [-0.3, -0.25) is 0 Å². The van der Waals surface area contributed by atoms with E-state index in [2.05, 4.69) is 14.7 Å². The first-order chi connectivity index (χ1) is 7.27. The summed E-state index contributed by atoms with van der Waals surface area (Å²) in [7, 11) is 1.67. The third-order valence-electron chi connectivity index (χ3n) is 1.80. The molecule has 0 saturated carbocycles. The van der Waals surface area contributed by atoms with Crippen molar-refractivity contribution in [2.24, 2.45) is 0 Å². The van der Waals surface area contributed by atoms with Gasteiger partial charge >= 0.3 is 0 Å². The number of methoxy groups -OCH3 is 1. The molecule has 15 heavy (non-hydrogen) atoms. The van der Waals surface area contributed by atoms with Crippen LogP contribution in [0.4, 0.5) is 5.13 Å². The van der Waals surface area contributed by atoms with Crippen LogP contribution in [0.1, 0.15) is 25.8 Å². The van der Waals surface area contributed by atoms with Crippen molar-refractivity contribution in [2.75, 3.05) is 32.2 Å². The van der Waals surface area contributed by atoms with Crippen LogP contribution in [0.25, 0.3) is 0 Å². The summed E-state index contributed by atoms with van der Waals surface area (Å²) in [6.45, 7) is 5.99. The van der Waals surface area contributed by atoms with Gasteiger partial charge in [0.05, 0.1) is 6.61 Å². The Labute approximate surface area is 94.0 Å². The fraction of sp³-hybridized carbons (Fsp3) is 0.778. The van der Waals surface area contributed by atoms with E-state index in [0.29, 0.717) is 13.2 Å². The van der Waals surface area contributed by atoms with Crippen LogP contribution in [0, 0.1) is 0 Å². The van der Waals surface area contributed by atoms with Gasteiger partial charge in [-0.2, -0.15) is 4.37 Å². The molecule has 0 aliphatic rings. The summed E-state index contributed by atoms with van der Waals surface area (Å²) in [4.78, 5) is 4.32. The molecule has 1 atom stereocenters. The van der Waals surface area contributed by atoms with Crippen molar-refractivity contribution >= 4 is 16.7 Å². The molecule has 0 aliphatic heterocycles. The van der Waals surface area contributed by atoms with Gasteiger partial charge in [0.2, 0.25) is 5.13 Å². The predicted octanol–water partition coefficient (Wildman–Crippen LogP) is 1.69. The summed E-state index contributed by atoms with van der Waals surface area (Å²) in [6, 6.07) is 0. The second-order valence-corrected chi connectivity index (χ2v) is 3.73. The van der Waals surface area contributed by atoms with E-state index < -0.39 is 0 Å². The molecule has 1 unspecified atom stereocenters. The molecule has 1 aromatic heterocycles. The molecule has 5 nitrogen and oxygen atoms in total. The van der Waals surface area contributed by atoms with Crippen LogP contribution >= 0.6 is 11.5 Å². The maximum Gasteiger partial charge on any atom is 0.202 e. The van der Waals surface area contributed by atoms with Crippen molar-refractivity contribution in [3.8, 4) is 0 Å². The highest BCUT2D eigenvalue weighted by atomic mass is 32.1. The maximum absolute atomic E-state index is 5.40. The molecular formula is C9H17N3O2S. The minimum Gasteiger partial charge on any atom is -0.383 e. The lowest BCUT2D eigenvalue weighted by molar-refractivity contribution is 0.0710. The average molecular weight is 231 g/mol. The monoisotopic (exact) mass is 231 g/mol. The van der Waals surface area contributed by atoms with E-state index in [0.717, 1.165) is 17.5 Å². The van der Waals surface area contributed by atoms with Crippen molar-refractivity contribution in [2.45, 2.75) is 20.0 Å². The fourth-order valence-corrected chi connectivity index (χ4v) is 1.73. The molecule has 0 fully saturated rings. The topological polar surface area (TPSA) is 56.3 Å². The number of anilines is 1. The zero-order valence-corrected chi connectivity index (χ0v) is 10.1. The number of hydrogen-bond acceptors (Lipinski definition) is 6. The molecule has 0 radical (unpaired) electrons.